The van der Waals surface area contributed by atoms with Crippen molar-refractivity contribution in [3.63, 3.8) is 0 Å². The first-order valence-corrected chi connectivity index (χ1v) is 5.68. The highest BCUT2D eigenvalue weighted by Crippen LogP contribution is 2.36. The van der Waals surface area contributed by atoms with Crippen LogP contribution in [-0.4, -0.2) is 19.6 Å². The molecule has 1 aromatic rings. The molecule has 0 saturated carbocycles. The quantitative estimate of drug-likeness (QED) is 0.684. The van der Waals surface area contributed by atoms with Crippen molar-refractivity contribution in [3.8, 4) is 0 Å². The number of amides is 1. The van der Waals surface area contributed by atoms with Gasteiger partial charge in [-0.2, -0.15) is 13.2 Å². The normalized spacial score (nSPS) is 17.4. The molecule has 0 aromatic heterocycles. The van der Waals surface area contributed by atoms with E-state index in [0.29, 0.717) is 6.07 Å². The maximum absolute atomic E-state index is 13.8. The lowest BCUT2D eigenvalue weighted by molar-refractivity contribution is -0.140. The number of hydrogen-bond acceptors (Lipinski definition) is 2. The van der Waals surface area contributed by atoms with Gasteiger partial charge in [-0.05, 0) is 12.1 Å². The first-order valence-electron chi connectivity index (χ1n) is 5.68. The third kappa shape index (κ3) is 2.74. The molecule has 2 rings (SSSR count). The van der Waals surface area contributed by atoms with E-state index in [1.54, 1.807) is 0 Å². The molecule has 1 amide bonds. The van der Waals surface area contributed by atoms with Crippen LogP contribution in [0.1, 0.15) is 17.2 Å². The first kappa shape index (κ1) is 14.7. The fraction of sp³-hybridized carbons (Fsp3) is 0.417. The lowest BCUT2D eigenvalue weighted by atomic mass is 9.90. The summed E-state index contributed by atoms with van der Waals surface area (Å²) in [5.74, 6) is -3.09. The second-order valence-corrected chi connectivity index (χ2v) is 4.41. The predicted octanol–water partition coefficient (Wildman–Crippen LogP) is 2.42. The van der Waals surface area contributed by atoms with Crippen molar-refractivity contribution in [2.24, 2.45) is 5.92 Å². The highest BCUT2D eigenvalue weighted by molar-refractivity contribution is 5.48. The Morgan fingerprint density at radius 2 is 1.90 bits per heavy atom. The van der Waals surface area contributed by atoms with Crippen molar-refractivity contribution in [2.75, 3.05) is 13.2 Å². The van der Waals surface area contributed by atoms with E-state index >= 15 is 0 Å². The average molecular weight is 295 g/mol. The average Bonchev–Trinajstić information content (AvgIpc) is 2.27. The van der Waals surface area contributed by atoms with Gasteiger partial charge in [-0.25, -0.2) is 8.78 Å². The minimum absolute atomic E-state index is 0.101. The summed E-state index contributed by atoms with van der Waals surface area (Å²) >= 11 is 0. The van der Waals surface area contributed by atoms with E-state index in [-0.39, 0.29) is 37.2 Å². The molecule has 0 radical (unpaired) electrons. The molecule has 20 heavy (non-hydrogen) atoms. The molecule has 0 aliphatic carbocycles. The summed E-state index contributed by atoms with van der Waals surface area (Å²) < 4.78 is 69.5. The first-order chi connectivity index (χ1) is 9.34. The zero-order valence-corrected chi connectivity index (χ0v) is 10.0. The Hall–Kier alpha value is -1.70. The van der Waals surface area contributed by atoms with Crippen LogP contribution in [0.4, 0.5) is 22.0 Å². The van der Waals surface area contributed by atoms with Crippen LogP contribution in [0.15, 0.2) is 12.1 Å². The van der Waals surface area contributed by atoms with E-state index in [9.17, 15) is 26.7 Å². The van der Waals surface area contributed by atoms with Gasteiger partial charge in [0.2, 0.25) is 6.41 Å². The molecule has 1 fully saturated rings. The number of alkyl halides is 3. The van der Waals surface area contributed by atoms with Crippen molar-refractivity contribution in [2.45, 2.75) is 12.2 Å². The van der Waals surface area contributed by atoms with Crippen molar-refractivity contribution in [1.82, 2.24) is 5.32 Å². The summed E-state index contributed by atoms with van der Waals surface area (Å²) in [6.07, 6.45) is -4.69. The molecule has 8 heteroatoms. The number of hydrogen-bond donors (Lipinski definition) is 1. The molecule has 0 bridgehead atoms. The van der Waals surface area contributed by atoms with Crippen LogP contribution in [0.2, 0.25) is 0 Å². The maximum atomic E-state index is 13.8. The van der Waals surface area contributed by atoms with Crippen LogP contribution in [0.5, 0.6) is 0 Å². The lowest BCUT2D eigenvalue weighted by Crippen LogP contribution is -2.40. The van der Waals surface area contributed by atoms with Crippen LogP contribution < -0.4 is 5.32 Å². The van der Waals surface area contributed by atoms with Crippen LogP contribution in [-0.2, 0) is 15.7 Å². The summed E-state index contributed by atoms with van der Waals surface area (Å²) in [5, 5.41) is 2.28. The molecular weight excluding hydrogens is 285 g/mol. The Balaban J connectivity index is 2.40. The van der Waals surface area contributed by atoms with Gasteiger partial charge in [-0.15, -0.1) is 0 Å². The molecule has 0 spiro atoms. The SMILES string of the molecule is O=CNC(c1cc(F)c(C(F)(F)F)cc1F)C1COC1. The molecular formula is C12H10F5NO2. The Bertz CT molecular complexity index is 513. The molecule has 1 aromatic carbocycles. The lowest BCUT2D eigenvalue weighted by Gasteiger charge is -2.33. The number of halogens is 5. The third-order valence-corrected chi connectivity index (χ3v) is 3.11. The van der Waals surface area contributed by atoms with Gasteiger partial charge in [0.25, 0.3) is 0 Å². The number of carbonyl (C=O) groups is 1. The number of nitrogens with one attached hydrogen (secondary N) is 1. The molecule has 1 saturated heterocycles. The maximum Gasteiger partial charge on any atom is 0.419 e. The van der Waals surface area contributed by atoms with Gasteiger partial charge in [0.05, 0.1) is 24.8 Å². The molecule has 1 heterocycles. The van der Waals surface area contributed by atoms with Crippen molar-refractivity contribution in [1.29, 1.82) is 0 Å². The fourth-order valence-electron chi connectivity index (χ4n) is 2.02. The van der Waals surface area contributed by atoms with Gasteiger partial charge in [-0.3, -0.25) is 4.79 Å². The van der Waals surface area contributed by atoms with Gasteiger partial charge in [-0.1, -0.05) is 0 Å². The molecule has 3 nitrogen and oxygen atoms in total. The van der Waals surface area contributed by atoms with Crippen LogP contribution in [0, 0.1) is 17.6 Å². The van der Waals surface area contributed by atoms with E-state index in [1.165, 1.54) is 0 Å². The molecule has 1 atom stereocenters. The summed E-state index contributed by atoms with van der Waals surface area (Å²) in [6.45, 7) is 0.432. The van der Waals surface area contributed by atoms with Crippen LogP contribution in [0.25, 0.3) is 0 Å². The van der Waals surface area contributed by atoms with E-state index < -0.39 is 29.4 Å². The molecule has 1 aliphatic rings. The summed E-state index contributed by atoms with van der Waals surface area (Å²) in [7, 11) is 0. The van der Waals surface area contributed by atoms with Crippen LogP contribution in [0.3, 0.4) is 0 Å². The zero-order valence-electron chi connectivity index (χ0n) is 10.0. The van der Waals surface area contributed by atoms with Crippen molar-refractivity contribution >= 4 is 6.41 Å². The summed E-state index contributed by atoms with van der Waals surface area (Å²) in [5.41, 5.74) is -2.00. The standard InChI is InChI=1S/C12H10F5NO2/c13-9-2-8(12(15,16)17)10(14)1-7(9)11(18-5-19)6-3-20-4-6/h1-2,5-6,11H,3-4H2,(H,18,19). The number of ether oxygens (including phenoxy) is 1. The third-order valence-electron chi connectivity index (χ3n) is 3.11. The predicted molar refractivity (Wildman–Crippen MR) is 57.6 cm³/mol. The smallest absolute Gasteiger partial charge is 0.381 e. The van der Waals surface area contributed by atoms with Crippen molar-refractivity contribution < 1.29 is 31.5 Å². The minimum atomic E-state index is -4.98. The van der Waals surface area contributed by atoms with Gasteiger partial charge in [0.1, 0.15) is 11.6 Å². The molecule has 1 aliphatic heterocycles. The van der Waals surface area contributed by atoms with E-state index in [2.05, 4.69) is 5.32 Å². The second kappa shape index (κ2) is 5.35. The van der Waals surface area contributed by atoms with E-state index in [0.717, 1.165) is 0 Å². The van der Waals surface area contributed by atoms with Gasteiger partial charge in [0, 0.05) is 11.5 Å². The van der Waals surface area contributed by atoms with Gasteiger partial charge in [0.15, 0.2) is 0 Å². The summed E-state index contributed by atoms with van der Waals surface area (Å²) in [6, 6.07) is -0.348. The Labute approximate surface area is 110 Å². The Morgan fingerprint density at radius 1 is 1.25 bits per heavy atom. The summed E-state index contributed by atoms with van der Waals surface area (Å²) in [4.78, 5) is 10.5. The Kier molecular flexibility index (Phi) is 3.94. The second-order valence-electron chi connectivity index (χ2n) is 4.41. The zero-order chi connectivity index (χ0) is 14.9. The van der Waals surface area contributed by atoms with Crippen molar-refractivity contribution in [3.05, 3.63) is 34.9 Å². The molecule has 1 N–H and O–H groups in total. The van der Waals surface area contributed by atoms with E-state index in [1.807, 2.05) is 0 Å². The minimum Gasteiger partial charge on any atom is -0.381 e. The molecule has 1 unspecified atom stereocenters. The number of benzene rings is 1. The molecule has 110 valence electrons. The monoisotopic (exact) mass is 295 g/mol. The fourth-order valence-corrected chi connectivity index (χ4v) is 2.02. The largest absolute Gasteiger partial charge is 0.419 e. The van der Waals surface area contributed by atoms with E-state index in [4.69, 9.17) is 4.74 Å². The highest BCUT2D eigenvalue weighted by atomic mass is 19.4. The topological polar surface area (TPSA) is 38.3 Å². The Morgan fingerprint density at radius 3 is 2.35 bits per heavy atom. The number of carbonyl (C=O) groups excluding carboxylic acids is 1. The highest BCUT2D eigenvalue weighted by Gasteiger charge is 2.37. The van der Waals surface area contributed by atoms with Gasteiger partial charge >= 0.3 is 6.18 Å². The van der Waals surface area contributed by atoms with Crippen LogP contribution >= 0.6 is 0 Å². The van der Waals surface area contributed by atoms with Gasteiger partial charge < -0.3 is 10.1 Å². The number of rotatable bonds is 4.